The van der Waals surface area contributed by atoms with E-state index in [2.05, 4.69) is 17.6 Å². The molecule has 7 heteroatoms. The fraction of sp³-hybridized carbons (Fsp3) is 0.458. The van der Waals surface area contributed by atoms with Crippen molar-refractivity contribution in [3.05, 3.63) is 47.9 Å². The highest BCUT2D eigenvalue weighted by molar-refractivity contribution is 5.96. The zero-order chi connectivity index (χ0) is 22.8. The van der Waals surface area contributed by atoms with E-state index >= 15 is 0 Å². The molecule has 1 aromatic rings. The van der Waals surface area contributed by atoms with Crippen molar-refractivity contribution in [1.82, 2.24) is 4.90 Å². The predicted octanol–water partition coefficient (Wildman–Crippen LogP) is 4.18. The van der Waals surface area contributed by atoms with Gasteiger partial charge in [0.1, 0.15) is 17.5 Å². The monoisotopic (exact) mass is 425 g/mol. The third-order valence-corrected chi connectivity index (χ3v) is 5.18. The second-order valence-electron chi connectivity index (χ2n) is 8.98. The van der Waals surface area contributed by atoms with Crippen LogP contribution in [0.25, 0.3) is 5.57 Å². The fourth-order valence-electron chi connectivity index (χ4n) is 3.44. The molecule has 31 heavy (non-hydrogen) atoms. The van der Waals surface area contributed by atoms with Gasteiger partial charge in [-0.1, -0.05) is 12.6 Å². The van der Waals surface area contributed by atoms with Crippen LogP contribution in [-0.2, 0) is 20.7 Å². The number of rotatable bonds is 5. The Balaban J connectivity index is 1.49. The molecule has 0 unspecified atom stereocenters. The number of amides is 2. The highest BCUT2D eigenvalue weighted by Gasteiger charge is 2.35. The van der Waals surface area contributed by atoms with E-state index in [4.69, 9.17) is 9.47 Å². The molecule has 3 rings (SSSR count). The minimum atomic E-state index is -0.505. The van der Waals surface area contributed by atoms with Crippen LogP contribution in [0.4, 0.5) is 10.5 Å². The quantitative estimate of drug-likeness (QED) is 0.524. The average molecular weight is 426 g/mol. The average Bonchev–Trinajstić information content (AvgIpc) is 2.65. The lowest BCUT2D eigenvalue weighted by Crippen LogP contribution is -2.55. The van der Waals surface area contributed by atoms with E-state index in [1.54, 1.807) is 22.2 Å². The van der Waals surface area contributed by atoms with Gasteiger partial charge < -0.3 is 19.3 Å². The van der Waals surface area contributed by atoms with Crippen LogP contribution in [0.3, 0.4) is 0 Å². The van der Waals surface area contributed by atoms with Gasteiger partial charge in [0.05, 0.1) is 19.3 Å². The van der Waals surface area contributed by atoms with E-state index in [0.717, 1.165) is 23.2 Å². The summed E-state index contributed by atoms with van der Waals surface area (Å²) >= 11 is 0. The molecular formula is C24H31N3O4. The molecule has 0 saturated carbocycles. The molecule has 0 aliphatic carbocycles. The molecule has 1 fully saturated rings. The normalized spacial score (nSPS) is 17.5. The van der Waals surface area contributed by atoms with Crippen molar-refractivity contribution in [2.45, 2.75) is 52.2 Å². The Labute approximate surface area is 184 Å². The van der Waals surface area contributed by atoms with Crippen molar-refractivity contribution in [2.24, 2.45) is 4.99 Å². The lowest BCUT2D eigenvalue weighted by Gasteiger charge is -2.39. The first-order valence-electron chi connectivity index (χ1n) is 10.5. The summed E-state index contributed by atoms with van der Waals surface area (Å²) in [5.41, 5.74) is 3.71. The van der Waals surface area contributed by atoms with Crippen LogP contribution in [0.1, 0.15) is 45.2 Å². The number of allylic oxidation sites excluding steroid dienone is 2. The number of likely N-dealkylation sites (tertiary alicyclic amines) is 1. The summed E-state index contributed by atoms with van der Waals surface area (Å²) in [6.07, 6.45) is 4.21. The van der Waals surface area contributed by atoms with Gasteiger partial charge in [0.2, 0.25) is 5.91 Å². The molecule has 166 valence electrons. The van der Waals surface area contributed by atoms with Crippen molar-refractivity contribution >= 4 is 29.5 Å². The number of hydrogen-bond acceptors (Lipinski definition) is 5. The number of aliphatic imine (C=N–C) groups is 1. The maximum atomic E-state index is 12.0. The molecule has 0 spiro atoms. The number of ether oxygens (including phenoxy) is 2. The van der Waals surface area contributed by atoms with Gasteiger partial charge in [0, 0.05) is 25.4 Å². The number of carbonyl (C=O) groups is 2. The molecule has 2 aliphatic rings. The second-order valence-corrected chi connectivity index (χ2v) is 8.98. The molecule has 0 N–H and O–H groups in total. The van der Waals surface area contributed by atoms with Crippen LogP contribution >= 0.6 is 0 Å². The zero-order valence-corrected chi connectivity index (χ0v) is 19.0. The summed E-state index contributed by atoms with van der Waals surface area (Å²) in [5, 5.41) is 0. The number of hydrogen-bond donors (Lipinski definition) is 0. The van der Waals surface area contributed by atoms with Crippen molar-refractivity contribution in [3.63, 3.8) is 0 Å². The minimum Gasteiger partial charge on any atom is -0.486 e. The van der Waals surface area contributed by atoms with Gasteiger partial charge in [0.15, 0.2) is 0 Å². The van der Waals surface area contributed by atoms with Crippen LogP contribution in [0, 0.1) is 0 Å². The van der Waals surface area contributed by atoms with Crippen molar-refractivity contribution in [3.8, 4) is 0 Å². The maximum Gasteiger partial charge on any atom is 0.410 e. The zero-order valence-electron chi connectivity index (χ0n) is 19.0. The van der Waals surface area contributed by atoms with Crippen molar-refractivity contribution < 1.29 is 19.1 Å². The van der Waals surface area contributed by atoms with Crippen LogP contribution < -0.4 is 4.90 Å². The van der Waals surface area contributed by atoms with E-state index in [9.17, 15) is 9.59 Å². The van der Waals surface area contributed by atoms with Gasteiger partial charge in [-0.2, -0.15) is 0 Å². The van der Waals surface area contributed by atoms with E-state index in [1.165, 1.54) is 5.56 Å². The SMILES string of the molecule is C=C(C=N/C=C(\C)c1ccc2c(c1)CCC(=O)N2C)OC1CN(C(=O)OC(C)(C)C)C1. The molecule has 2 aliphatic heterocycles. The largest absolute Gasteiger partial charge is 0.486 e. The van der Waals surface area contributed by atoms with Crippen molar-refractivity contribution in [1.29, 1.82) is 0 Å². The summed E-state index contributed by atoms with van der Waals surface area (Å²) in [4.78, 5) is 31.4. The first-order valence-corrected chi connectivity index (χ1v) is 10.5. The van der Waals surface area contributed by atoms with Gasteiger partial charge in [-0.3, -0.25) is 9.79 Å². The first-order chi connectivity index (χ1) is 14.5. The Morgan fingerprint density at radius 2 is 1.97 bits per heavy atom. The van der Waals surface area contributed by atoms with Gasteiger partial charge in [-0.15, -0.1) is 0 Å². The molecule has 2 heterocycles. The molecular weight excluding hydrogens is 394 g/mol. The van der Waals surface area contributed by atoms with Gasteiger partial charge in [-0.05, 0) is 62.9 Å². The summed E-state index contributed by atoms with van der Waals surface area (Å²) in [7, 11) is 1.81. The summed E-state index contributed by atoms with van der Waals surface area (Å²) < 4.78 is 11.1. The summed E-state index contributed by atoms with van der Waals surface area (Å²) in [5.74, 6) is 0.597. The summed E-state index contributed by atoms with van der Waals surface area (Å²) in [6.45, 7) is 12.3. The standard InChI is InChI=1S/C24H31N3O4/c1-16(18-7-9-21-19(11-18)8-10-22(28)26(21)6)12-25-13-17(2)30-20-14-27(15-20)23(29)31-24(3,4)5/h7,9,11-13,20H,2,8,10,14-15H2,1,3-6H3/b16-12+,25-13?. The molecule has 0 bridgehead atoms. The maximum absolute atomic E-state index is 12.0. The molecule has 0 aromatic heterocycles. The van der Waals surface area contributed by atoms with E-state index in [0.29, 0.717) is 25.3 Å². The molecule has 1 aromatic carbocycles. The second kappa shape index (κ2) is 8.96. The van der Waals surface area contributed by atoms with Crippen molar-refractivity contribution in [2.75, 3.05) is 25.0 Å². The Morgan fingerprint density at radius 3 is 2.65 bits per heavy atom. The predicted molar refractivity (Wildman–Crippen MR) is 122 cm³/mol. The highest BCUT2D eigenvalue weighted by atomic mass is 16.6. The third-order valence-electron chi connectivity index (χ3n) is 5.18. The minimum absolute atomic E-state index is 0.100. The van der Waals surface area contributed by atoms with Gasteiger partial charge in [0.25, 0.3) is 0 Å². The van der Waals surface area contributed by atoms with Crippen LogP contribution in [0.15, 0.2) is 41.7 Å². The number of anilines is 1. The van der Waals surface area contributed by atoms with E-state index in [1.807, 2.05) is 46.9 Å². The number of nitrogens with zero attached hydrogens (tertiary/aromatic N) is 3. The molecule has 7 nitrogen and oxygen atoms in total. The molecule has 0 radical (unpaired) electrons. The third kappa shape index (κ3) is 5.75. The van der Waals surface area contributed by atoms with Gasteiger partial charge in [-0.25, -0.2) is 4.79 Å². The fourth-order valence-corrected chi connectivity index (χ4v) is 3.44. The molecule has 1 saturated heterocycles. The van der Waals surface area contributed by atoms with Crippen LogP contribution in [0.2, 0.25) is 0 Å². The summed E-state index contributed by atoms with van der Waals surface area (Å²) in [6, 6.07) is 6.10. The topological polar surface area (TPSA) is 71.4 Å². The first kappa shape index (κ1) is 22.6. The van der Waals surface area contributed by atoms with E-state index in [-0.39, 0.29) is 18.1 Å². The smallest absolute Gasteiger partial charge is 0.410 e. The number of aryl methyl sites for hydroxylation is 1. The number of benzene rings is 1. The highest BCUT2D eigenvalue weighted by Crippen LogP contribution is 2.29. The molecule has 2 amide bonds. The molecule has 0 atom stereocenters. The number of carbonyl (C=O) groups excluding carboxylic acids is 2. The number of fused-ring (bicyclic) bond motifs is 1. The Bertz CT molecular complexity index is 937. The lowest BCUT2D eigenvalue weighted by atomic mass is 9.97. The van der Waals surface area contributed by atoms with Crippen LogP contribution in [0.5, 0.6) is 0 Å². The van der Waals surface area contributed by atoms with Gasteiger partial charge >= 0.3 is 6.09 Å². The Morgan fingerprint density at radius 1 is 1.26 bits per heavy atom. The van der Waals surface area contributed by atoms with Crippen LogP contribution in [-0.4, -0.2) is 55.0 Å². The Hall–Kier alpha value is -3.09. The lowest BCUT2D eigenvalue weighted by molar-refractivity contribution is -0.118. The Kier molecular flexibility index (Phi) is 6.53. The van der Waals surface area contributed by atoms with E-state index < -0.39 is 5.60 Å².